The molecule has 19 heavy (non-hydrogen) atoms. The summed E-state index contributed by atoms with van der Waals surface area (Å²) in [5.41, 5.74) is 5.90. The summed E-state index contributed by atoms with van der Waals surface area (Å²) < 4.78 is 18.7. The van der Waals surface area contributed by atoms with Crippen LogP contribution in [0, 0.1) is 5.82 Å². The van der Waals surface area contributed by atoms with Crippen LogP contribution < -0.4 is 10.5 Å². The Hall–Kier alpha value is -2.40. The van der Waals surface area contributed by atoms with Gasteiger partial charge in [-0.1, -0.05) is 0 Å². The van der Waals surface area contributed by atoms with Crippen molar-refractivity contribution >= 4 is 5.91 Å². The van der Waals surface area contributed by atoms with Crippen LogP contribution in [0.4, 0.5) is 4.39 Å². The third-order valence-corrected chi connectivity index (χ3v) is 2.49. The van der Waals surface area contributed by atoms with Gasteiger partial charge in [0.1, 0.15) is 17.3 Å². The number of halogens is 1. The fourth-order valence-corrected chi connectivity index (χ4v) is 1.59. The molecule has 0 bridgehead atoms. The zero-order valence-electron chi connectivity index (χ0n) is 9.97. The number of aliphatic hydroxyl groups excluding tert-OH is 1. The molecule has 0 aromatic heterocycles. The Bertz CT molecular complexity index is 596. The highest BCUT2D eigenvalue weighted by atomic mass is 19.1. The predicted octanol–water partition coefficient (Wildman–Crippen LogP) is 2.21. The molecule has 0 spiro atoms. The maximum atomic E-state index is 13.2. The van der Waals surface area contributed by atoms with E-state index >= 15 is 0 Å². The Labute approximate surface area is 109 Å². The Morgan fingerprint density at radius 2 is 1.84 bits per heavy atom. The monoisotopic (exact) mass is 261 g/mol. The second kappa shape index (κ2) is 5.49. The maximum absolute atomic E-state index is 13.2. The van der Waals surface area contributed by atoms with Crippen LogP contribution >= 0.6 is 0 Å². The summed E-state index contributed by atoms with van der Waals surface area (Å²) in [5.74, 6) is -0.300. The molecule has 98 valence electrons. The van der Waals surface area contributed by atoms with Gasteiger partial charge in [-0.05, 0) is 42.0 Å². The van der Waals surface area contributed by atoms with Gasteiger partial charge in [-0.25, -0.2) is 4.39 Å². The van der Waals surface area contributed by atoms with E-state index in [1.54, 1.807) is 12.1 Å². The quantitative estimate of drug-likeness (QED) is 0.886. The van der Waals surface area contributed by atoms with Crippen LogP contribution in [0.2, 0.25) is 0 Å². The number of ether oxygens (including phenoxy) is 1. The summed E-state index contributed by atoms with van der Waals surface area (Å²) in [4.78, 5) is 10.9. The van der Waals surface area contributed by atoms with Gasteiger partial charge in [0, 0.05) is 11.6 Å². The van der Waals surface area contributed by atoms with Crippen molar-refractivity contribution < 1.29 is 19.0 Å². The lowest BCUT2D eigenvalue weighted by atomic mass is 10.2. The number of primary amides is 1. The van der Waals surface area contributed by atoms with E-state index < -0.39 is 11.7 Å². The largest absolute Gasteiger partial charge is 0.457 e. The summed E-state index contributed by atoms with van der Waals surface area (Å²) in [6, 6.07) is 10.1. The predicted molar refractivity (Wildman–Crippen MR) is 67.4 cm³/mol. The molecular weight excluding hydrogens is 249 g/mol. The van der Waals surface area contributed by atoms with Gasteiger partial charge in [0.25, 0.3) is 0 Å². The average Bonchev–Trinajstić information content (AvgIpc) is 2.38. The molecule has 0 saturated heterocycles. The first-order valence-corrected chi connectivity index (χ1v) is 5.56. The molecule has 5 heteroatoms. The second-order valence-corrected chi connectivity index (χ2v) is 3.94. The van der Waals surface area contributed by atoms with Gasteiger partial charge in [-0.2, -0.15) is 0 Å². The van der Waals surface area contributed by atoms with Crippen LogP contribution in [-0.2, 0) is 6.61 Å². The lowest BCUT2D eigenvalue weighted by molar-refractivity contribution is 0.100. The molecule has 2 rings (SSSR count). The van der Waals surface area contributed by atoms with Crippen molar-refractivity contribution in [3.63, 3.8) is 0 Å². The number of benzene rings is 2. The van der Waals surface area contributed by atoms with Crippen molar-refractivity contribution in [1.29, 1.82) is 0 Å². The van der Waals surface area contributed by atoms with E-state index in [1.165, 1.54) is 30.3 Å². The van der Waals surface area contributed by atoms with Gasteiger partial charge in [0.2, 0.25) is 5.91 Å². The van der Waals surface area contributed by atoms with Crippen LogP contribution in [-0.4, -0.2) is 11.0 Å². The van der Waals surface area contributed by atoms with Gasteiger partial charge < -0.3 is 15.6 Å². The number of amides is 1. The van der Waals surface area contributed by atoms with Crippen molar-refractivity contribution in [2.45, 2.75) is 6.61 Å². The Morgan fingerprint density at radius 1 is 1.16 bits per heavy atom. The standard InChI is InChI=1S/C14H12FNO3/c15-11-5-9(8-17)6-13(7-11)19-12-3-1-10(2-4-12)14(16)18/h1-7,17H,8H2,(H2,16,18). The van der Waals surface area contributed by atoms with E-state index in [4.69, 9.17) is 15.6 Å². The first-order chi connectivity index (χ1) is 9.08. The van der Waals surface area contributed by atoms with Gasteiger partial charge >= 0.3 is 0 Å². The number of carbonyl (C=O) groups is 1. The Kier molecular flexibility index (Phi) is 3.77. The minimum atomic E-state index is -0.528. The lowest BCUT2D eigenvalue weighted by Crippen LogP contribution is -2.10. The summed E-state index contributed by atoms with van der Waals surface area (Å²) >= 11 is 0. The molecule has 2 aromatic carbocycles. The third-order valence-electron chi connectivity index (χ3n) is 2.49. The maximum Gasteiger partial charge on any atom is 0.248 e. The van der Waals surface area contributed by atoms with Crippen molar-refractivity contribution in [2.75, 3.05) is 0 Å². The van der Waals surface area contributed by atoms with E-state index in [9.17, 15) is 9.18 Å². The van der Waals surface area contributed by atoms with E-state index in [2.05, 4.69) is 0 Å². The van der Waals surface area contributed by atoms with E-state index in [-0.39, 0.29) is 12.4 Å². The molecule has 3 N–H and O–H groups in total. The topological polar surface area (TPSA) is 72.6 Å². The molecule has 0 unspecified atom stereocenters. The highest BCUT2D eigenvalue weighted by molar-refractivity contribution is 5.92. The normalized spacial score (nSPS) is 10.2. The number of hydrogen-bond acceptors (Lipinski definition) is 3. The van der Waals surface area contributed by atoms with Crippen LogP contribution in [0.15, 0.2) is 42.5 Å². The minimum absolute atomic E-state index is 0.269. The molecular formula is C14H12FNO3. The molecule has 0 aliphatic rings. The van der Waals surface area contributed by atoms with Gasteiger partial charge in [0.15, 0.2) is 0 Å². The van der Waals surface area contributed by atoms with Gasteiger partial charge in [-0.15, -0.1) is 0 Å². The van der Waals surface area contributed by atoms with Crippen LogP contribution in [0.3, 0.4) is 0 Å². The van der Waals surface area contributed by atoms with E-state index in [0.29, 0.717) is 16.9 Å². The van der Waals surface area contributed by atoms with Crippen molar-refractivity contribution in [2.24, 2.45) is 5.73 Å². The van der Waals surface area contributed by atoms with Crippen LogP contribution in [0.5, 0.6) is 11.5 Å². The van der Waals surface area contributed by atoms with E-state index in [1.807, 2.05) is 0 Å². The minimum Gasteiger partial charge on any atom is -0.457 e. The summed E-state index contributed by atoms with van der Waals surface area (Å²) in [5, 5.41) is 8.98. The number of hydrogen-bond donors (Lipinski definition) is 2. The highest BCUT2D eigenvalue weighted by Gasteiger charge is 2.04. The number of nitrogens with two attached hydrogens (primary N) is 1. The SMILES string of the molecule is NC(=O)c1ccc(Oc2cc(F)cc(CO)c2)cc1. The first-order valence-electron chi connectivity index (χ1n) is 5.56. The summed E-state index contributed by atoms with van der Waals surface area (Å²) in [6.07, 6.45) is 0. The smallest absolute Gasteiger partial charge is 0.248 e. The fraction of sp³-hybridized carbons (Fsp3) is 0.0714. The van der Waals surface area contributed by atoms with Gasteiger partial charge in [0.05, 0.1) is 6.61 Å². The Morgan fingerprint density at radius 3 is 2.42 bits per heavy atom. The van der Waals surface area contributed by atoms with E-state index in [0.717, 1.165) is 0 Å². The average molecular weight is 261 g/mol. The zero-order chi connectivity index (χ0) is 13.8. The molecule has 0 saturated carbocycles. The molecule has 0 heterocycles. The first kappa shape index (κ1) is 13.0. The second-order valence-electron chi connectivity index (χ2n) is 3.94. The van der Waals surface area contributed by atoms with Gasteiger partial charge in [-0.3, -0.25) is 4.79 Å². The fourth-order valence-electron chi connectivity index (χ4n) is 1.59. The molecule has 0 aliphatic heterocycles. The highest BCUT2D eigenvalue weighted by Crippen LogP contribution is 2.24. The van der Waals surface area contributed by atoms with Crippen molar-refractivity contribution in [1.82, 2.24) is 0 Å². The number of carbonyl (C=O) groups excluding carboxylic acids is 1. The molecule has 0 fully saturated rings. The van der Waals surface area contributed by atoms with Crippen LogP contribution in [0.25, 0.3) is 0 Å². The van der Waals surface area contributed by atoms with Crippen molar-refractivity contribution in [3.05, 3.63) is 59.4 Å². The zero-order valence-corrected chi connectivity index (χ0v) is 9.97. The number of aliphatic hydroxyl groups is 1. The third kappa shape index (κ3) is 3.29. The molecule has 4 nitrogen and oxygen atoms in total. The lowest BCUT2D eigenvalue weighted by Gasteiger charge is -2.07. The Balaban J connectivity index is 2.21. The summed E-state index contributed by atoms with van der Waals surface area (Å²) in [6.45, 7) is -0.269. The molecule has 2 aromatic rings. The molecule has 0 aliphatic carbocycles. The summed E-state index contributed by atoms with van der Waals surface area (Å²) in [7, 11) is 0. The van der Waals surface area contributed by atoms with Crippen LogP contribution in [0.1, 0.15) is 15.9 Å². The number of rotatable bonds is 4. The molecule has 1 amide bonds. The molecule has 0 atom stereocenters. The van der Waals surface area contributed by atoms with Crippen molar-refractivity contribution in [3.8, 4) is 11.5 Å². The molecule has 0 radical (unpaired) electrons.